The Hall–Kier alpha value is -3.32. The molecular weight excluding hydrogens is 376 g/mol. The third-order valence-corrected chi connectivity index (χ3v) is 5.39. The summed E-state index contributed by atoms with van der Waals surface area (Å²) in [4.78, 5) is 6.84. The van der Waals surface area contributed by atoms with Crippen molar-refractivity contribution in [3.05, 3.63) is 66.1 Å². The maximum absolute atomic E-state index is 5.60. The minimum absolute atomic E-state index is 0.515. The van der Waals surface area contributed by atoms with Gasteiger partial charge < -0.3 is 10.3 Å². The number of aryl methyl sites for hydroxylation is 1. The van der Waals surface area contributed by atoms with Crippen LogP contribution in [0, 0.1) is 6.92 Å². The van der Waals surface area contributed by atoms with E-state index < -0.39 is 0 Å². The van der Waals surface area contributed by atoms with Crippen LogP contribution in [0.1, 0.15) is 30.2 Å². The van der Waals surface area contributed by atoms with Crippen molar-refractivity contribution < 1.29 is 4.42 Å². The number of aromatic nitrogens is 2. The number of hydrogen-bond donors (Lipinski definition) is 1. The number of aliphatic imine (C=N–C) groups is 1. The summed E-state index contributed by atoms with van der Waals surface area (Å²) in [5, 5.41) is 12.0. The monoisotopic (exact) mass is 402 g/mol. The van der Waals surface area contributed by atoms with E-state index in [1.807, 2.05) is 36.4 Å². The highest BCUT2D eigenvalue weighted by molar-refractivity contribution is 6.31. The molecule has 4 rings (SSSR count). The molecule has 0 spiro atoms. The van der Waals surface area contributed by atoms with Gasteiger partial charge in [0.05, 0.1) is 17.6 Å². The van der Waals surface area contributed by atoms with E-state index >= 15 is 0 Å². The predicted molar refractivity (Wildman–Crippen MR) is 119 cm³/mol. The molecule has 0 amide bonds. The van der Waals surface area contributed by atoms with Gasteiger partial charge in [0.25, 0.3) is 0 Å². The fourth-order valence-electron chi connectivity index (χ4n) is 3.77. The first-order valence-corrected chi connectivity index (χ1v) is 10.2. The molecule has 0 radical (unpaired) electrons. The van der Waals surface area contributed by atoms with Gasteiger partial charge in [-0.25, -0.2) is 0 Å². The zero-order chi connectivity index (χ0) is 20.8. The molecule has 1 saturated heterocycles. The van der Waals surface area contributed by atoms with Crippen LogP contribution in [0.5, 0.6) is 0 Å². The van der Waals surface area contributed by atoms with Crippen molar-refractivity contribution in [3.63, 3.8) is 0 Å². The fraction of sp³-hybridized carbons (Fsp3) is 0.304. The van der Waals surface area contributed by atoms with Crippen molar-refractivity contribution >= 4 is 17.6 Å². The quantitative estimate of drug-likeness (QED) is 0.383. The second-order valence-corrected chi connectivity index (χ2v) is 7.52. The summed E-state index contributed by atoms with van der Waals surface area (Å²) in [6.07, 6.45) is 3.93. The Kier molecular flexibility index (Phi) is 6.29. The van der Waals surface area contributed by atoms with Gasteiger partial charge in [0.2, 0.25) is 11.8 Å². The van der Waals surface area contributed by atoms with Gasteiger partial charge in [-0.05, 0) is 61.7 Å². The molecule has 0 aliphatic carbocycles. The maximum atomic E-state index is 5.60. The molecule has 1 aromatic heterocycles. The van der Waals surface area contributed by atoms with Gasteiger partial charge in [0.1, 0.15) is 0 Å². The van der Waals surface area contributed by atoms with Crippen LogP contribution >= 0.6 is 0 Å². The summed E-state index contributed by atoms with van der Waals surface area (Å²) in [6.45, 7) is 4.50. The molecule has 0 saturated carbocycles. The van der Waals surface area contributed by atoms with E-state index in [0.29, 0.717) is 24.2 Å². The summed E-state index contributed by atoms with van der Waals surface area (Å²) < 4.78 is 5.57. The molecule has 2 aromatic carbocycles. The molecule has 7 nitrogen and oxygen atoms in total. The molecular formula is C23H26N6O. The van der Waals surface area contributed by atoms with Crippen molar-refractivity contribution in [1.29, 1.82) is 0 Å². The predicted octanol–water partition coefficient (Wildman–Crippen LogP) is 3.94. The number of nitrogens with two attached hydrogens (primary N) is 1. The Morgan fingerprint density at radius 3 is 2.63 bits per heavy atom. The fourth-order valence-corrected chi connectivity index (χ4v) is 3.77. The number of para-hydroxylation sites is 1. The third-order valence-electron chi connectivity index (χ3n) is 5.39. The van der Waals surface area contributed by atoms with Crippen LogP contribution in [0.2, 0.25) is 0 Å². The second-order valence-electron chi connectivity index (χ2n) is 7.52. The van der Waals surface area contributed by atoms with Crippen LogP contribution < -0.4 is 5.84 Å². The van der Waals surface area contributed by atoms with E-state index in [4.69, 9.17) is 10.3 Å². The maximum Gasteiger partial charge on any atom is 0.247 e. The molecule has 2 N–H and O–H groups in total. The molecule has 0 unspecified atom stereocenters. The molecule has 0 bridgehead atoms. The van der Waals surface area contributed by atoms with Gasteiger partial charge in [-0.3, -0.25) is 9.89 Å². The normalized spacial score (nSPS) is 16.4. The highest BCUT2D eigenvalue weighted by Crippen LogP contribution is 2.30. The van der Waals surface area contributed by atoms with Crippen molar-refractivity contribution in [2.75, 3.05) is 19.6 Å². The first-order chi connectivity index (χ1) is 14.7. The molecule has 0 atom stereocenters. The zero-order valence-electron chi connectivity index (χ0n) is 17.1. The highest BCUT2D eigenvalue weighted by Gasteiger charge is 2.22. The standard InChI is InChI=1S/C23H26N6O/c1-17-27-28-23(30-17)20-7-5-6-19(14-20)18-10-12-29(13-11-18)16-22(26-24)15-25-21-8-3-2-4-9-21/h2-9,14-15,18H,10-13,16,24H2,1H3. The van der Waals surface area contributed by atoms with Gasteiger partial charge in [-0.2, -0.15) is 5.10 Å². The van der Waals surface area contributed by atoms with E-state index in [0.717, 1.165) is 42.9 Å². The average molecular weight is 403 g/mol. The van der Waals surface area contributed by atoms with E-state index in [1.54, 1.807) is 13.1 Å². The SMILES string of the molecule is Cc1nnc(-c2cccc(C3CCN(CC(C=Nc4ccccc4)=NN)CC3)c2)o1. The van der Waals surface area contributed by atoms with E-state index in [1.165, 1.54) is 5.56 Å². The summed E-state index contributed by atoms with van der Waals surface area (Å²) in [5.74, 6) is 7.27. The van der Waals surface area contributed by atoms with Gasteiger partial charge in [0, 0.05) is 19.0 Å². The number of rotatable bonds is 6. The highest BCUT2D eigenvalue weighted by atomic mass is 16.4. The van der Waals surface area contributed by atoms with Gasteiger partial charge in [-0.1, -0.05) is 30.3 Å². The van der Waals surface area contributed by atoms with Crippen molar-refractivity contribution in [3.8, 4) is 11.5 Å². The molecule has 30 heavy (non-hydrogen) atoms. The van der Waals surface area contributed by atoms with Crippen molar-refractivity contribution in [2.45, 2.75) is 25.7 Å². The molecule has 2 heterocycles. The molecule has 3 aromatic rings. The lowest BCUT2D eigenvalue weighted by atomic mass is 9.88. The van der Waals surface area contributed by atoms with E-state index in [-0.39, 0.29) is 0 Å². The Morgan fingerprint density at radius 2 is 1.93 bits per heavy atom. The summed E-state index contributed by atoms with van der Waals surface area (Å²) in [6, 6.07) is 18.3. The number of nitrogens with zero attached hydrogens (tertiary/aromatic N) is 5. The number of likely N-dealkylation sites (tertiary alicyclic amines) is 1. The van der Waals surface area contributed by atoms with Crippen LogP contribution in [-0.2, 0) is 0 Å². The van der Waals surface area contributed by atoms with Gasteiger partial charge in [-0.15, -0.1) is 10.2 Å². The topological polar surface area (TPSA) is 92.9 Å². The lowest BCUT2D eigenvalue weighted by Crippen LogP contribution is -2.37. The first kappa shape index (κ1) is 20.0. The van der Waals surface area contributed by atoms with Gasteiger partial charge in [0.15, 0.2) is 0 Å². The Labute approximate surface area is 176 Å². The lowest BCUT2D eigenvalue weighted by Gasteiger charge is -2.32. The average Bonchev–Trinajstić information content (AvgIpc) is 3.24. The largest absolute Gasteiger partial charge is 0.421 e. The minimum Gasteiger partial charge on any atom is -0.421 e. The van der Waals surface area contributed by atoms with Crippen molar-refractivity contribution in [1.82, 2.24) is 15.1 Å². The summed E-state index contributed by atoms with van der Waals surface area (Å²) in [5.41, 5.74) is 3.98. The molecule has 1 fully saturated rings. The number of piperidine rings is 1. The smallest absolute Gasteiger partial charge is 0.247 e. The van der Waals surface area contributed by atoms with E-state index in [2.05, 4.69) is 43.4 Å². The van der Waals surface area contributed by atoms with Crippen LogP contribution in [-0.4, -0.2) is 46.7 Å². The molecule has 1 aliphatic heterocycles. The lowest BCUT2D eigenvalue weighted by molar-refractivity contribution is 0.239. The Morgan fingerprint density at radius 1 is 1.13 bits per heavy atom. The molecule has 154 valence electrons. The van der Waals surface area contributed by atoms with Crippen LogP contribution in [0.25, 0.3) is 11.5 Å². The van der Waals surface area contributed by atoms with Gasteiger partial charge >= 0.3 is 0 Å². The van der Waals surface area contributed by atoms with Crippen LogP contribution in [0.4, 0.5) is 5.69 Å². The third kappa shape index (κ3) is 4.99. The first-order valence-electron chi connectivity index (χ1n) is 10.2. The number of hydrogen-bond acceptors (Lipinski definition) is 7. The Balaban J connectivity index is 1.34. The summed E-state index contributed by atoms with van der Waals surface area (Å²) >= 11 is 0. The minimum atomic E-state index is 0.515. The summed E-state index contributed by atoms with van der Waals surface area (Å²) in [7, 11) is 0. The number of benzene rings is 2. The molecule has 7 heteroatoms. The van der Waals surface area contributed by atoms with Crippen LogP contribution in [0.3, 0.4) is 0 Å². The number of hydrazone groups is 1. The Bertz CT molecular complexity index is 1020. The second kappa shape index (κ2) is 9.45. The molecule has 1 aliphatic rings. The van der Waals surface area contributed by atoms with Crippen LogP contribution in [0.15, 0.2) is 69.1 Å². The van der Waals surface area contributed by atoms with E-state index in [9.17, 15) is 0 Å². The van der Waals surface area contributed by atoms with Crippen molar-refractivity contribution in [2.24, 2.45) is 15.9 Å². The zero-order valence-corrected chi connectivity index (χ0v) is 17.1.